The molecule has 0 amide bonds. The summed E-state index contributed by atoms with van der Waals surface area (Å²) in [6, 6.07) is 8.86. The van der Waals surface area contributed by atoms with Crippen LogP contribution in [0.5, 0.6) is 0 Å². The van der Waals surface area contributed by atoms with E-state index >= 15 is 0 Å². The van der Waals surface area contributed by atoms with Gasteiger partial charge in [0.25, 0.3) is 0 Å². The lowest BCUT2D eigenvalue weighted by atomic mass is 9.87. The first kappa shape index (κ1) is 13.5. The van der Waals surface area contributed by atoms with Crippen LogP contribution >= 0.6 is 38.5 Å². The average Bonchev–Trinajstić information content (AvgIpc) is 2.15. The van der Waals surface area contributed by atoms with Gasteiger partial charge < -0.3 is 0 Å². The predicted molar refractivity (Wildman–Crippen MR) is 79.6 cm³/mol. The summed E-state index contributed by atoms with van der Waals surface area (Å²) in [5.74, 6) is 1.43. The van der Waals surface area contributed by atoms with Gasteiger partial charge in [-0.15, -0.1) is 0 Å². The summed E-state index contributed by atoms with van der Waals surface area (Å²) in [5, 5.41) is 0. The van der Waals surface area contributed by atoms with Gasteiger partial charge in [0.15, 0.2) is 0 Å². The topological polar surface area (TPSA) is 0 Å². The maximum atomic E-state index is 3.71. The number of rotatable bonds is 4. The monoisotopic (exact) mass is 380 g/mol. The molecule has 2 heteroatoms. The second-order valence-corrected chi connectivity index (χ2v) is 7.11. The molecule has 1 aromatic carbocycles. The fraction of sp³-hybridized carbons (Fsp3) is 0.538. The van der Waals surface area contributed by atoms with E-state index in [0.717, 1.165) is 5.92 Å². The third kappa shape index (κ3) is 4.43. The van der Waals surface area contributed by atoms with Crippen molar-refractivity contribution in [1.82, 2.24) is 0 Å². The Morgan fingerprint density at radius 3 is 2.07 bits per heavy atom. The molecule has 1 rings (SSSR count). The minimum Gasteiger partial charge on any atom is -0.0890 e. The molecule has 0 aliphatic heterocycles. The zero-order valence-electron chi connectivity index (χ0n) is 9.50. The molecular formula is C13H18BrI. The van der Waals surface area contributed by atoms with Crippen LogP contribution in [0.1, 0.15) is 26.3 Å². The smallest absolute Gasteiger partial charge is 0.0151 e. The normalized spacial score (nSPS) is 15.3. The summed E-state index contributed by atoms with van der Waals surface area (Å²) in [5.41, 5.74) is 1.44. The molecule has 0 aromatic heterocycles. The molecule has 15 heavy (non-hydrogen) atoms. The van der Waals surface area contributed by atoms with E-state index in [9.17, 15) is 0 Å². The van der Waals surface area contributed by atoms with E-state index in [4.69, 9.17) is 0 Å². The quantitative estimate of drug-likeness (QED) is 0.515. The van der Waals surface area contributed by atoms with Crippen molar-refractivity contribution in [3.63, 3.8) is 0 Å². The molecule has 0 aliphatic carbocycles. The minimum absolute atomic E-state index is 0.580. The number of benzene rings is 1. The molecule has 2 unspecified atom stereocenters. The molecule has 2 atom stereocenters. The van der Waals surface area contributed by atoms with Crippen molar-refractivity contribution in [3.05, 3.63) is 33.4 Å². The summed E-state index contributed by atoms with van der Waals surface area (Å²) in [7, 11) is 0. The van der Waals surface area contributed by atoms with E-state index in [1.807, 2.05) is 0 Å². The summed E-state index contributed by atoms with van der Waals surface area (Å²) in [4.78, 5) is 0.580. The molecule has 0 fully saturated rings. The van der Waals surface area contributed by atoms with Crippen molar-refractivity contribution in [1.29, 1.82) is 0 Å². The summed E-state index contributed by atoms with van der Waals surface area (Å²) >= 11 is 6.06. The molecule has 84 valence electrons. The second-order valence-electron chi connectivity index (χ2n) is 4.42. The maximum absolute atomic E-state index is 3.71. The Hall–Kier alpha value is 0.430. The first-order valence-corrected chi connectivity index (χ1v) is 7.38. The van der Waals surface area contributed by atoms with Crippen LogP contribution in [0.2, 0.25) is 0 Å². The third-order valence-corrected chi connectivity index (χ3v) is 4.23. The SMILES string of the molecule is CC(C)C(Cc1ccc(I)cc1)C(C)Br. The lowest BCUT2D eigenvalue weighted by molar-refractivity contribution is 0.384. The van der Waals surface area contributed by atoms with Crippen LogP contribution in [0.15, 0.2) is 24.3 Å². The largest absolute Gasteiger partial charge is 0.0890 e. The van der Waals surface area contributed by atoms with Crippen LogP contribution in [0.4, 0.5) is 0 Å². The van der Waals surface area contributed by atoms with Crippen LogP contribution in [-0.4, -0.2) is 4.83 Å². The first-order chi connectivity index (χ1) is 7.00. The van der Waals surface area contributed by atoms with Gasteiger partial charge in [-0.2, -0.15) is 0 Å². The number of halogens is 2. The van der Waals surface area contributed by atoms with Crippen LogP contribution in [-0.2, 0) is 6.42 Å². The maximum Gasteiger partial charge on any atom is 0.0151 e. The first-order valence-electron chi connectivity index (χ1n) is 5.39. The second kappa shape index (κ2) is 6.24. The molecule has 0 N–H and O–H groups in total. The summed E-state index contributed by atoms with van der Waals surface area (Å²) in [6.07, 6.45) is 1.17. The van der Waals surface area contributed by atoms with Gasteiger partial charge in [0.05, 0.1) is 0 Å². The van der Waals surface area contributed by atoms with E-state index in [1.54, 1.807) is 0 Å². The van der Waals surface area contributed by atoms with Gasteiger partial charge in [-0.1, -0.05) is 48.8 Å². The molecular weight excluding hydrogens is 363 g/mol. The molecule has 0 saturated heterocycles. The van der Waals surface area contributed by atoms with Gasteiger partial charge in [0, 0.05) is 8.40 Å². The zero-order valence-corrected chi connectivity index (χ0v) is 13.2. The lowest BCUT2D eigenvalue weighted by Gasteiger charge is -2.23. The summed E-state index contributed by atoms with van der Waals surface area (Å²) < 4.78 is 1.31. The highest BCUT2D eigenvalue weighted by atomic mass is 127. The fourth-order valence-corrected chi connectivity index (χ4v) is 2.98. The van der Waals surface area contributed by atoms with Crippen molar-refractivity contribution in [2.24, 2.45) is 11.8 Å². The Labute approximate surface area is 115 Å². The van der Waals surface area contributed by atoms with Gasteiger partial charge in [0.2, 0.25) is 0 Å². The molecule has 0 aliphatic rings. The third-order valence-electron chi connectivity index (χ3n) is 2.83. The van der Waals surface area contributed by atoms with Gasteiger partial charge in [-0.3, -0.25) is 0 Å². The van der Waals surface area contributed by atoms with Crippen molar-refractivity contribution in [2.75, 3.05) is 0 Å². The minimum atomic E-state index is 0.580. The van der Waals surface area contributed by atoms with Crippen molar-refractivity contribution >= 4 is 38.5 Å². The molecule has 0 spiro atoms. The van der Waals surface area contributed by atoms with E-state index in [1.165, 1.54) is 15.6 Å². The summed E-state index contributed by atoms with van der Waals surface area (Å²) in [6.45, 7) is 6.85. The fourth-order valence-electron chi connectivity index (χ4n) is 1.82. The van der Waals surface area contributed by atoms with Crippen LogP contribution in [0, 0.1) is 15.4 Å². The van der Waals surface area contributed by atoms with Crippen LogP contribution in [0.25, 0.3) is 0 Å². The predicted octanol–water partition coefficient (Wildman–Crippen LogP) is 4.89. The highest BCUT2D eigenvalue weighted by Crippen LogP contribution is 2.25. The molecule has 0 bridgehead atoms. The van der Waals surface area contributed by atoms with Gasteiger partial charge in [-0.25, -0.2) is 0 Å². The number of alkyl halides is 1. The van der Waals surface area contributed by atoms with Crippen LogP contribution in [0.3, 0.4) is 0 Å². The molecule has 1 aromatic rings. The van der Waals surface area contributed by atoms with Crippen molar-refractivity contribution in [2.45, 2.75) is 32.0 Å². The number of hydrogen-bond acceptors (Lipinski definition) is 0. The average molecular weight is 381 g/mol. The Kier molecular flexibility index (Phi) is 5.61. The van der Waals surface area contributed by atoms with E-state index in [-0.39, 0.29) is 0 Å². The Balaban J connectivity index is 2.70. The molecule has 0 heterocycles. The van der Waals surface area contributed by atoms with Gasteiger partial charge in [0.1, 0.15) is 0 Å². The zero-order chi connectivity index (χ0) is 11.4. The van der Waals surface area contributed by atoms with E-state index < -0.39 is 0 Å². The molecule has 0 saturated carbocycles. The van der Waals surface area contributed by atoms with Crippen molar-refractivity contribution in [3.8, 4) is 0 Å². The number of hydrogen-bond donors (Lipinski definition) is 0. The molecule has 0 radical (unpaired) electrons. The van der Waals surface area contributed by atoms with Crippen LogP contribution < -0.4 is 0 Å². The van der Waals surface area contributed by atoms with E-state index in [0.29, 0.717) is 10.7 Å². The highest BCUT2D eigenvalue weighted by molar-refractivity contribution is 14.1. The van der Waals surface area contributed by atoms with E-state index in [2.05, 4.69) is 83.6 Å². The highest BCUT2D eigenvalue weighted by Gasteiger charge is 2.18. The Bertz CT molecular complexity index is 282. The Morgan fingerprint density at radius 2 is 1.67 bits per heavy atom. The van der Waals surface area contributed by atoms with Gasteiger partial charge in [-0.05, 0) is 58.5 Å². The lowest BCUT2D eigenvalue weighted by Crippen LogP contribution is -2.20. The standard InChI is InChI=1S/C13H18BrI/c1-9(2)13(10(3)14)8-11-4-6-12(15)7-5-11/h4-7,9-10,13H,8H2,1-3H3. The van der Waals surface area contributed by atoms with Crippen molar-refractivity contribution < 1.29 is 0 Å². The molecule has 0 nitrogen and oxygen atoms in total. The van der Waals surface area contributed by atoms with Gasteiger partial charge >= 0.3 is 0 Å². The Morgan fingerprint density at radius 1 is 1.13 bits per heavy atom.